The molecule has 0 unspecified atom stereocenters. The summed E-state index contributed by atoms with van der Waals surface area (Å²) in [6.45, 7) is 0. The van der Waals surface area contributed by atoms with Crippen LogP contribution < -0.4 is 0 Å². The highest BCUT2D eigenvalue weighted by Gasteiger charge is 2.04. The Labute approximate surface area is 117 Å². The molecule has 0 aliphatic heterocycles. The normalized spacial score (nSPS) is 10.6. The fourth-order valence-corrected chi connectivity index (χ4v) is 4.15. The second-order valence-corrected chi connectivity index (χ2v) is 7.10. The van der Waals surface area contributed by atoms with Crippen molar-refractivity contribution in [3.63, 3.8) is 0 Å². The van der Waals surface area contributed by atoms with Crippen molar-refractivity contribution in [2.75, 3.05) is 0 Å². The van der Waals surface area contributed by atoms with Crippen LogP contribution in [0.1, 0.15) is 5.56 Å². The Morgan fingerprint density at radius 1 is 1.17 bits per heavy atom. The van der Waals surface area contributed by atoms with Crippen molar-refractivity contribution in [1.29, 1.82) is 0 Å². The van der Waals surface area contributed by atoms with Crippen LogP contribution in [0.25, 0.3) is 0 Å². The van der Waals surface area contributed by atoms with E-state index in [4.69, 9.17) is 0 Å². The summed E-state index contributed by atoms with van der Waals surface area (Å²) in [5.41, 5.74) is 1.53. The molecule has 12 heavy (non-hydrogen) atoms. The van der Waals surface area contributed by atoms with Crippen molar-refractivity contribution < 1.29 is 0 Å². The molecule has 0 heterocycles. The summed E-state index contributed by atoms with van der Waals surface area (Å²) in [7, 11) is 1.31. The van der Waals surface area contributed by atoms with Gasteiger partial charge in [-0.3, -0.25) is 0 Å². The highest BCUT2D eigenvalue weighted by Crippen LogP contribution is 2.23. The summed E-state index contributed by atoms with van der Waals surface area (Å²) in [6, 6.07) is 5.91. The van der Waals surface area contributed by atoms with Gasteiger partial charge in [-0.25, -0.2) is 0 Å². The number of rotatable bonds is 2. The van der Waals surface area contributed by atoms with Crippen LogP contribution in [0.3, 0.4) is 0 Å². The molecular weight excluding hydrogens is 505 g/mol. The second kappa shape index (κ2) is 5.49. The topological polar surface area (TPSA) is 0 Å². The lowest BCUT2D eigenvalue weighted by molar-refractivity contribution is 1.11. The molecule has 1 rings (SSSR count). The summed E-state index contributed by atoms with van der Waals surface area (Å²) in [6.07, 6.45) is 1.26. The monoisotopic (exact) mass is 514 g/mol. The van der Waals surface area contributed by atoms with Crippen molar-refractivity contribution >= 4 is 78.0 Å². The molecule has 0 saturated carbocycles. The second-order valence-electron chi connectivity index (χ2n) is 2.61. The zero-order chi connectivity index (χ0) is 9.14. The molecular formula is C8H9I3Si. The summed E-state index contributed by atoms with van der Waals surface area (Å²) in [5.74, 6) is 0. The molecule has 0 spiro atoms. The van der Waals surface area contributed by atoms with Gasteiger partial charge in [0.1, 0.15) is 0 Å². The lowest BCUT2D eigenvalue weighted by atomic mass is 10.2. The smallest absolute Gasteiger partial charge is 0.0296 e. The van der Waals surface area contributed by atoms with E-state index in [1.165, 1.54) is 39.0 Å². The van der Waals surface area contributed by atoms with E-state index < -0.39 is 0 Å². The number of hydrogen-bond acceptors (Lipinski definition) is 0. The molecule has 0 atom stereocenters. The average Bonchev–Trinajstić information content (AvgIpc) is 2.00. The molecule has 0 amide bonds. The SMILES string of the molecule is [SiH3]CCc1cc(I)cc(I)c1I. The maximum absolute atomic E-state index is 2.45. The Kier molecular flexibility index (Phi) is 5.36. The van der Waals surface area contributed by atoms with Crippen LogP contribution in [0.15, 0.2) is 12.1 Å². The third-order valence-electron chi connectivity index (χ3n) is 1.59. The van der Waals surface area contributed by atoms with Gasteiger partial charge in [-0.15, -0.1) is 0 Å². The minimum absolute atomic E-state index is 1.26. The van der Waals surface area contributed by atoms with Crippen molar-refractivity contribution in [3.8, 4) is 0 Å². The van der Waals surface area contributed by atoms with E-state index in [1.807, 2.05) is 0 Å². The van der Waals surface area contributed by atoms with Gasteiger partial charge in [0, 0.05) is 21.0 Å². The summed E-state index contributed by atoms with van der Waals surface area (Å²) < 4.78 is 4.21. The maximum atomic E-state index is 2.45. The summed E-state index contributed by atoms with van der Waals surface area (Å²) >= 11 is 7.25. The molecule has 0 aliphatic rings. The molecule has 1 aromatic rings. The Balaban J connectivity index is 3.09. The lowest BCUT2D eigenvalue weighted by Gasteiger charge is -2.05. The van der Waals surface area contributed by atoms with Gasteiger partial charge < -0.3 is 0 Å². The first-order valence-corrected chi connectivity index (χ1v) is 8.43. The Morgan fingerprint density at radius 3 is 2.42 bits per heavy atom. The third kappa shape index (κ3) is 3.09. The quantitative estimate of drug-likeness (QED) is 0.324. The van der Waals surface area contributed by atoms with Crippen molar-refractivity contribution in [1.82, 2.24) is 0 Å². The van der Waals surface area contributed by atoms with Crippen LogP contribution >= 0.6 is 67.8 Å². The van der Waals surface area contributed by atoms with Gasteiger partial charge >= 0.3 is 0 Å². The Bertz CT molecular complexity index is 286. The number of hydrogen-bond donors (Lipinski definition) is 0. The molecule has 66 valence electrons. The summed E-state index contributed by atoms with van der Waals surface area (Å²) in [5, 5.41) is 0. The van der Waals surface area contributed by atoms with E-state index in [0.717, 1.165) is 0 Å². The van der Waals surface area contributed by atoms with Crippen LogP contribution in [-0.2, 0) is 6.42 Å². The first-order chi connectivity index (χ1) is 5.65. The molecule has 0 nitrogen and oxygen atoms in total. The van der Waals surface area contributed by atoms with Gasteiger partial charge in [-0.05, 0) is 91.9 Å². The Morgan fingerprint density at radius 2 is 1.83 bits per heavy atom. The van der Waals surface area contributed by atoms with Gasteiger partial charge in [0.15, 0.2) is 0 Å². The van der Waals surface area contributed by atoms with Crippen molar-refractivity contribution in [2.24, 2.45) is 0 Å². The highest BCUT2D eigenvalue weighted by molar-refractivity contribution is 14.1. The zero-order valence-corrected chi connectivity index (χ0v) is 15.2. The van der Waals surface area contributed by atoms with Crippen LogP contribution in [-0.4, -0.2) is 10.2 Å². The van der Waals surface area contributed by atoms with Gasteiger partial charge in [0.2, 0.25) is 0 Å². The molecule has 0 aliphatic carbocycles. The molecule has 4 heteroatoms. The standard InChI is InChI=1S/C8H9I3Si/c9-6-3-5(1-2-12)8(11)7(10)4-6/h3-4H,1-2H2,12H3. The van der Waals surface area contributed by atoms with Crippen LogP contribution in [0.4, 0.5) is 0 Å². The predicted octanol–water partition coefficient (Wildman–Crippen LogP) is 2.83. The van der Waals surface area contributed by atoms with Gasteiger partial charge in [-0.1, -0.05) is 6.04 Å². The van der Waals surface area contributed by atoms with Gasteiger partial charge in [-0.2, -0.15) is 0 Å². The maximum Gasteiger partial charge on any atom is 0.0296 e. The van der Waals surface area contributed by atoms with E-state index in [1.54, 1.807) is 0 Å². The molecule has 0 bridgehead atoms. The fraction of sp³-hybridized carbons (Fsp3) is 0.250. The van der Waals surface area contributed by atoms with E-state index >= 15 is 0 Å². The van der Waals surface area contributed by atoms with E-state index in [2.05, 4.69) is 79.9 Å². The van der Waals surface area contributed by atoms with Crippen LogP contribution in [0, 0.1) is 10.7 Å². The van der Waals surface area contributed by atoms with Gasteiger partial charge in [0.05, 0.1) is 0 Å². The predicted molar refractivity (Wildman–Crippen MR) is 83.0 cm³/mol. The Hall–Kier alpha value is 1.63. The van der Waals surface area contributed by atoms with Crippen LogP contribution in [0.5, 0.6) is 0 Å². The third-order valence-corrected chi connectivity index (χ3v) is 5.87. The first-order valence-electron chi connectivity index (χ1n) is 3.78. The van der Waals surface area contributed by atoms with E-state index in [0.29, 0.717) is 0 Å². The summed E-state index contributed by atoms with van der Waals surface area (Å²) in [4.78, 5) is 0. The van der Waals surface area contributed by atoms with Crippen molar-refractivity contribution in [2.45, 2.75) is 12.5 Å². The molecule has 0 radical (unpaired) electrons. The number of aryl methyl sites for hydroxylation is 1. The number of benzene rings is 1. The molecule has 0 N–H and O–H groups in total. The zero-order valence-electron chi connectivity index (χ0n) is 6.70. The van der Waals surface area contributed by atoms with Gasteiger partial charge in [0.25, 0.3) is 0 Å². The molecule has 0 aromatic heterocycles. The average molecular weight is 514 g/mol. The first kappa shape index (κ1) is 11.7. The van der Waals surface area contributed by atoms with E-state index in [9.17, 15) is 0 Å². The lowest BCUT2D eigenvalue weighted by Crippen LogP contribution is -1.93. The molecule has 0 saturated heterocycles. The number of halogens is 3. The largest absolute Gasteiger partial charge is 0.0618 e. The molecule has 1 aromatic carbocycles. The van der Waals surface area contributed by atoms with E-state index in [-0.39, 0.29) is 0 Å². The van der Waals surface area contributed by atoms with Crippen LogP contribution in [0.2, 0.25) is 6.04 Å². The fourth-order valence-electron chi connectivity index (χ4n) is 1.06. The molecule has 0 fully saturated rings. The van der Waals surface area contributed by atoms with Crippen molar-refractivity contribution in [3.05, 3.63) is 28.4 Å². The minimum Gasteiger partial charge on any atom is -0.0618 e. The minimum atomic E-state index is 1.26. The highest BCUT2D eigenvalue weighted by atomic mass is 127.